The molecule has 0 aromatic rings. The molecule has 0 aliphatic heterocycles. The van der Waals surface area contributed by atoms with Gasteiger partial charge in [-0.2, -0.15) is 64.8 Å². The van der Waals surface area contributed by atoms with Crippen molar-refractivity contribution in [2.45, 2.75) is 42.2 Å². The second kappa shape index (κ2) is 16.0. The lowest BCUT2D eigenvalue weighted by Crippen LogP contribution is -2.34. The molecule has 0 aliphatic rings. The van der Waals surface area contributed by atoms with E-state index < -0.39 is 53.5 Å². The highest BCUT2D eigenvalue weighted by atomic mass is 79.9. The molecule has 0 saturated carbocycles. The Morgan fingerprint density at radius 2 is 0.912 bits per heavy atom. The third kappa shape index (κ3) is 16.7. The molecule has 23 heteroatoms. The van der Waals surface area contributed by atoms with Crippen molar-refractivity contribution in [3.05, 3.63) is 0 Å². The predicted molar refractivity (Wildman–Crippen MR) is 105 cm³/mol. The van der Waals surface area contributed by atoms with Crippen LogP contribution in [0.15, 0.2) is 0 Å². The first-order chi connectivity index (χ1) is 14.9. The van der Waals surface area contributed by atoms with Crippen molar-refractivity contribution in [2.75, 3.05) is 23.9 Å². The highest BCUT2D eigenvalue weighted by Gasteiger charge is 2.57. The van der Waals surface area contributed by atoms with E-state index in [1.165, 1.54) is 0 Å². The second-order valence-corrected chi connectivity index (χ2v) is 11.6. The van der Waals surface area contributed by atoms with Gasteiger partial charge < -0.3 is 5.11 Å². The molecule has 0 unspecified atom stereocenters. The highest BCUT2D eigenvalue weighted by molar-refractivity contribution is 9.09. The van der Waals surface area contributed by atoms with Gasteiger partial charge in [0.05, 0.1) is 6.61 Å². The monoisotopic (exact) mass is 718 g/mol. The molecule has 0 aromatic carbocycles. The van der Waals surface area contributed by atoms with Gasteiger partial charge in [-0.05, 0) is 25.7 Å². The fourth-order valence-electron chi connectivity index (χ4n) is 0.833. The Bertz CT molecular complexity index is 822. The van der Waals surface area contributed by atoms with E-state index >= 15 is 0 Å². The first-order valence-corrected chi connectivity index (χ1v) is 14.4. The maximum atomic E-state index is 11.6. The Morgan fingerprint density at radius 1 is 0.588 bits per heavy atom. The SMILES string of the molecule is O=S(=O)(OCCCCBr)C(F)(F)F.O=S(=O)(OS(=O)(=O)C(F)(F)F)C(F)(F)F.OCCCCBr. The minimum absolute atomic E-state index is 0.264. The van der Waals surface area contributed by atoms with Crippen molar-refractivity contribution in [1.29, 1.82) is 0 Å². The molecule has 0 heterocycles. The summed E-state index contributed by atoms with van der Waals surface area (Å²) in [4.78, 5) is 0. The third-order valence-corrected chi connectivity index (χ3v) is 7.07. The van der Waals surface area contributed by atoms with Crippen molar-refractivity contribution >= 4 is 62.2 Å². The van der Waals surface area contributed by atoms with E-state index in [1.807, 2.05) is 3.63 Å². The Hall–Kier alpha value is 0.0600. The molecular weight excluding hydrogens is 703 g/mol. The fourth-order valence-corrected chi connectivity index (χ4v) is 3.66. The average Bonchev–Trinajstić information content (AvgIpc) is 2.61. The molecule has 0 atom stereocenters. The molecule has 0 aliphatic carbocycles. The summed E-state index contributed by atoms with van der Waals surface area (Å²) >= 11 is 6.28. The van der Waals surface area contributed by atoms with Crippen LogP contribution in [0.3, 0.4) is 0 Å². The van der Waals surface area contributed by atoms with E-state index in [0.29, 0.717) is 18.4 Å². The maximum Gasteiger partial charge on any atom is 0.524 e. The van der Waals surface area contributed by atoms with E-state index in [9.17, 15) is 64.8 Å². The number of alkyl halides is 11. The van der Waals surface area contributed by atoms with Crippen LogP contribution < -0.4 is 0 Å². The summed E-state index contributed by atoms with van der Waals surface area (Å²) < 4.78 is 169. The second-order valence-electron chi connectivity index (χ2n) is 5.11. The quantitative estimate of drug-likeness (QED) is 0.117. The Kier molecular flexibility index (Phi) is 18.2. The van der Waals surface area contributed by atoms with E-state index in [0.717, 1.165) is 18.2 Å². The van der Waals surface area contributed by atoms with Gasteiger partial charge in [-0.25, -0.2) is 0 Å². The molecule has 0 bridgehead atoms. The van der Waals surface area contributed by atoms with Crippen molar-refractivity contribution in [3.63, 3.8) is 0 Å². The zero-order valence-corrected chi connectivity index (χ0v) is 21.9. The van der Waals surface area contributed by atoms with Crippen molar-refractivity contribution in [1.82, 2.24) is 0 Å². The van der Waals surface area contributed by atoms with Gasteiger partial charge >= 0.3 is 46.9 Å². The average molecular weight is 720 g/mol. The maximum absolute atomic E-state index is 11.6. The summed E-state index contributed by atoms with van der Waals surface area (Å²) in [5.41, 5.74) is -17.8. The summed E-state index contributed by atoms with van der Waals surface area (Å²) in [6, 6.07) is 0. The molecule has 1 N–H and O–H groups in total. The summed E-state index contributed by atoms with van der Waals surface area (Å²) in [7, 11) is -19.1. The Morgan fingerprint density at radius 3 is 1.15 bits per heavy atom. The lowest BCUT2D eigenvalue weighted by Gasteiger charge is -2.09. The minimum Gasteiger partial charge on any atom is -0.396 e. The number of hydrogen-bond donors (Lipinski definition) is 1. The summed E-state index contributed by atoms with van der Waals surface area (Å²) in [6.07, 6.45) is 2.83. The van der Waals surface area contributed by atoms with Crippen LogP contribution in [0.2, 0.25) is 0 Å². The molecule has 0 amide bonds. The number of halogens is 11. The molecule has 0 saturated heterocycles. The standard InChI is InChI=1S/C5H8BrF3O3S.C4H9BrO.C2F6O5S2/c6-3-1-2-4-12-13(10,11)5(7,8)9;5-3-1-2-4-6;3-1(4,5)14(9,10)13-15(11,12)2(6,7)8/h1-4H2;6H,1-4H2;. The van der Waals surface area contributed by atoms with Crippen LogP contribution in [-0.4, -0.2) is 70.8 Å². The van der Waals surface area contributed by atoms with Gasteiger partial charge in [-0.1, -0.05) is 31.9 Å². The van der Waals surface area contributed by atoms with Gasteiger partial charge in [-0.3, -0.25) is 4.18 Å². The molecule has 210 valence electrons. The summed E-state index contributed by atoms with van der Waals surface area (Å²) in [5.74, 6) is 0. The van der Waals surface area contributed by atoms with Crippen molar-refractivity contribution in [2.24, 2.45) is 0 Å². The van der Waals surface area contributed by atoms with E-state index in [2.05, 4.69) is 36.0 Å². The lowest BCUT2D eigenvalue weighted by molar-refractivity contribution is -0.0586. The smallest absolute Gasteiger partial charge is 0.396 e. The van der Waals surface area contributed by atoms with Crippen molar-refractivity contribution < 1.29 is 77.7 Å². The zero-order valence-electron chi connectivity index (χ0n) is 16.3. The number of aliphatic hydroxyl groups excluding tert-OH is 1. The highest BCUT2D eigenvalue weighted by Crippen LogP contribution is 2.32. The van der Waals surface area contributed by atoms with Gasteiger partial charge in [0.15, 0.2) is 0 Å². The molecular formula is C11H17Br2F9O9S3. The molecule has 0 fully saturated rings. The van der Waals surface area contributed by atoms with Gasteiger partial charge in [0.25, 0.3) is 0 Å². The first-order valence-electron chi connectivity index (χ1n) is 7.95. The van der Waals surface area contributed by atoms with Crippen LogP contribution in [0.1, 0.15) is 25.7 Å². The first kappa shape index (κ1) is 38.6. The summed E-state index contributed by atoms with van der Waals surface area (Å²) in [6.45, 7) is -0.112. The molecule has 0 rings (SSSR count). The molecule has 9 nitrogen and oxygen atoms in total. The largest absolute Gasteiger partial charge is 0.524 e. The van der Waals surface area contributed by atoms with E-state index in [-0.39, 0.29) is 6.42 Å². The van der Waals surface area contributed by atoms with Crippen LogP contribution in [0, 0.1) is 0 Å². The number of aliphatic hydroxyl groups is 1. The van der Waals surface area contributed by atoms with E-state index in [4.69, 9.17) is 5.11 Å². The number of hydrogen-bond acceptors (Lipinski definition) is 9. The van der Waals surface area contributed by atoms with Crippen LogP contribution in [0.5, 0.6) is 0 Å². The van der Waals surface area contributed by atoms with E-state index in [1.54, 1.807) is 0 Å². The fraction of sp³-hybridized carbons (Fsp3) is 1.00. The minimum atomic E-state index is -6.85. The Labute approximate surface area is 205 Å². The van der Waals surface area contributed by atoms with Gasteiger partial charge in [-0.15, -0.1) is 3.63 Å². The Balaban J connectivity index is -0.000000461. The normalized spacial score (nSPS) is 13.4. The topological polar surface area (TPSA) is 141 Å². The van der Waals surface area contributed by atoms with Crippen LogP contribution in [-0.2, 0) is 38.2 Å². The molecule has 0 aromatic heterocycles. The van der Waals surface area contributed by atoms with Crippen LogP contribution in [0.25, 0.3) is 0 Å². The molecule has 0 spiro atoms. The third-order valence-electron chi connectivity index (χ3n) is 2.34. The van der Waals surface area contributed by atoms with Crippen molar-refractivity contribution in [3.8, 4) is 0 Å². The van der Waals surface area contributed by atoms with Gasteiger partial charge in [0.1, 0.15) is 0 Å². The number of rotatable bonds is 10. The molecule has 34 heavy (non-hydrogen) atoms. The van der Waals surface area contributed by atoms with Crippen LogP contribution >= 0.6 is 31.9 Å². The van der Waals surface area contributed by atoms with Gasteiger partial charge in [0, 0.05) is 17.3 Å². The van der Waals surface area contributed by atoms with Crippen LogP contribution in [0.4, 0.5) is 39.5 Å². The summed E-state index contributed by atoms with van der Waals surface area (Å²) in [5, 5.41) is 9.78. The zero-order chi connectivity index (χ0) is 28.1. The number of unbranched alkanes of at least 4 members (excludes halogenated alkanes) is 2. The predicted octanol–water partition coefficient (Wildman–Crippen LogP) is 3.88. The molecule has 0 radical (unpaired) electrons. The lowest BCUT2D eigenvalue weighted by atomic mass is 10.4. The van der Waals surface area contributed by atoms with Gasteiger partial charge in [0.2, 0.25) is 0 Å².